The molecule has 0 saturated heterocycles. The third-order valence-electron chi connectivity index (χ3n) is 6.23. The van der Waals surface area contributed by atoms with Crippen LogP contribution in [-0.2, 0) is 32.2 Å². The molecular formula is C30H36N3O6+. The minimum atomic E-state index is -0.663. The number of carbonyl (C=O) groups excluding carboxylic acids is 3. The summed E-state index contributed by atoms with van der Waals surface area (Å²) in [5, 5.41) is 15.3. The van der Waals surface area contributed by atoms with Crippen LogP contribution < -0.4 is 5.32 Å². The molecule has 3 rings (SSSR count). The lowest BCUT2D eigenvalue weighted by atomic mass is 10.1. The predicted molar refractivity (Wildman–Crippen MR) is 149 cm³/mol. The van der Waals surface area contributed by atoms with E-state index < -0.39 is 18.0 Å². The number of nitrogens with zero attached hydrogens (tertiary/aromatic N) is 2. The van der Waals surface area contributed by atoms with Crippen LogP contribution in [0.1, 0.15) is 24.0 Å². The fraction of sp³-hybridized carbons (Fsp3) is 0.300. The Morgan fingerprint density at radius 1 is 0.923 bits per heavy atom. The van der Waals surface area contributed by atoms with Gasteiger partial charge in [-0.1, -0.05) is 60.7 Å². The topological polar surface area (TPSA) is 105 Å². The molecule has 3 aromatic carbocycles. The Labute approximate surface area is 228 Å². The predicted octanol–water partition coefficient (Wildman–Crippen LogP) is 4.89. The van der Waals surface area contributed by atoms with Crippen LogP contribution in [0.3, 0.4) is 0 Å². The highest BCUT2D eigenvalue weighted by Gasteiger charge is 2.17. The molecule has 0 spiro atoms. The SMILES string of the molecule is COC(=O)/C=C/C(=O)N(O)CCCC[N+](C)(C)Cc1ccc(COC(=O)Nc2cccc3ccccc23)cc1. The summed E-state index contributed by atoms with van der Waals surface area (Å²) in [5.74, 6) is -1.32. The monoisotopic (exact) mass is 534 g/mol. The summed E-state index contributed by atoms with van der Waals surface area (Å²) in [4.78, 5) is 35.2. The molecule has 0 aromatic heterocycles. The fourth-order valence-corrected chi connectivity index (χ4v) is 4.15. The quantitative estimate of drug-likeness (QED) is 0.0856. The van der Waals surface area contributed by atoms with Gasteiger partial charge in [-0.2, -0.15) is 0 Å². The van der Waals surface area contributed by atoms with Crippen molar-refractivity contribution in [3.05, 3.63) is 90.0 Å². The van der Waals surface area contributed by atoms with Crippen molar-refractivity contribution in [2.24, 2.45) is 0 Å². The average molecular weight is 535 g/mol. The Balaban J connectivity index is 1.40. The summed E-state index contributed by atoms with van der Waals surface area (Å²) in [6, 6.07) is 21.6. The number of fused-ring (bicyclic) bond motifs is 1. The van der Waals surface area contributed by atoms with Gasteiger partial charge in [0.15, 0.2) is 0 Å². The summed E-state index contributed by atoms with van der Waals surface area (Å²) >= 11 is 0. The van der Waals surface area contributed by atoms with Gasteiger partial charge in [-0.25, -0.2) is 14.7 Å². The molecule has 9 heteroatoms. The number of nitrogens with one attached hydrogen (secondary N) is 1. The zero-order chi connectivity index (χ0) is 28.3. The Bertz CT molecular complexity index is 1300. The summed E-state index contributed by atoms with van der Waals surface area (Å²) in [7, 11) is 5.46. The molecule has 0 radical (unpaired) electrons. The highest BCUT2D eigenvalue weighted by atomic mass is 16.5. The second-order valence-corrected chi connectivity index (χ2v) is 9.89. The van der Waals surface area contributed by atoms with Crippen molar-refractivity contribution in [1.29, 1.82) is 0 Å². The van der Waals surface area contributed by atoms with Crippen LogP contribution in [0, 0.1) is 0 Å². The van der Waals surface area contributed by atoms with Crippen LogP contribution in [0.25, 0.3) is 10.8 Å². The lowest BCUT2D eigenvalue weighted by Crippen LogP contribution is -2.40. The third-order valence-corrected chi connectivity index (χ3v) is 6.23. The van der Waals surface area contributed by atoms with Crippen molar-refractivity contribution in [3.63, 3.8) is 0 Å². The zero-order valence-corrected chi connectivity index (χ0v) is 22.6. The van der Waals surface area contributed by atoms with Crippen LogP contribution in [0.5, 0.6) is 0 Å². The van der Waals surface area contributed by atoms with Gasteiger partial charge in [0.05, 0.1) is 33.4 Å². The number of methoxy groups -OCH3 is 1. The smallest absolute Gasteiger partial charge is 0.411 e. The molecule has 0 atom stereocenters. The molecule has 0 unspecified atom stereocenters. The van der Waals surface area contributed by atoms with Crippen LogP contribution >= 0.6 is 0 Å². The van der Waals surface area contributed by atoms with Crippen LogP contribution in [-0.4, -0.2) is 67.0 Å². The molecule has 0 fully saturated rings. The van der Waals surface area contributed by atoms with Gasteiger partial charge in [0.25, 0.3) is 5.91 Å². The molecule has 0 aliphatic rings. The molecule has 39 heavy (non-hydrogen) atoms. The number of hydrogen-bond acceptors (Lipinski definition) is 6. The van der Waals surface area contributed by atoms with Crippen molar-refractivity contribution < 1.29 is 33.5 Å². The highest BCUT2D eigenvalue weighted by molar-refractivity contribution is 6.00. The van der Waals surface area contributed by atoms with E-state index >= 15 is 0 Å². The number of carbonyl (C=O) groups is 3. The third kappa shape index (κ3) is 9.55. The normalized spacial score (nSPS) is 11.4. The Hall–Kier alpha value is -4.21. The Morgan fingerprint density at radius 2 is 1.62 bits per heavy atom. The molecular weight excluding hydrogens is 498 g/mol. The van der Waals surface area contributed by atoms with E-state index in [1.807, 2.05) is 66.7 Å². The van der Waals surface area contributed by atoms with E-state index in [4.69, 9.17) is 4.74 Å². The Kier molecular flexibility index (Phi) is 10.6. The maximum absolute atomic E-state index is 12.4. The van der Waals surface area contributed by atoms with Crippen LogP contribution in [0.15, 0.2) is 78.9 Å². The van der Waals surface area contributed by atoms with E-state index in [2.05, 4.69) is 24.1 Å². The molecule has 2 amide bonds. The van der Waals surface area contributed by atoms with Crippen molar-refractivity contribution in [3.8, 4) is 0 Å². The molecule has 0 bridgehead atoms. The molecule has 2 N–H and O–H groups in total. The summed E-state index contributed by atoms with van der Waals surface area (Å²) in [6.07, 6.45) is 2.88. The number of esters is 1. The average Bonchev–Trinajstić information content (AvgIpc) is 2.93. The first-order chi connectivity index (χ1) is 18.7. The van der Waals surface area contributed by atoms with Crippen molar-refractivity contribution in [2.45, 2.75) is 26.0 Å². The van der Waals surface area contributed by atoms with Gasteiger partial charge in [-0.05, 0) is 29.9 Å². The van der Waals surface area contributed by atoms with Gasteiger partial charge >= 0.3 is 12.1 Å². The largest absolute Gasteiger partial charge is 0.466 e. The zero-order valence-electron chi connectivity index (χ0n) is 22.6. The van der Waals surface area contributed by atoms with Crippen molar-refractivity contribution >= 4 is 34.4 Å². The van der Waals surface area contributed by atoms with Crippen molar-refractivity contribution in [1.82, 2.24) is 5.06 Å². The number of unbranched alkanes of at least 4 members (excludes halogenated alkanes) is 1. The van der Waals surface area contributed by atoms with Gasteiger partial charge in [-0.15, -0.1) is 0 Å². The lowest BCUT2D eigenvalue weighted by molar-refractivity contribution is -0.903. The maximum atomic E-state index is 12.4. The number of amides is 2. The molecule has 206 valence electrons. The number of ether oxygens (including phenoxy) is 2. The summed E-state index contributed by atoms with van der Waals surface area (Å²) < 4.78 is 10.6. The number of hydrogen-bond donors (Lipinski definition) is 2. The molecule has 0 aliphatic carbocycles. The van der Waals surface area contributed by atoms with Gasteiger partial charge < -0.3 is 14.0 Å². The van der Waals surface area contributed by atoms with Crippen LogP contribution in [0.4, 0.5) is 10.5 Å². The second kappa shape index (κ2) is 14.1. The molecule has 0 heterocycles. The van der Waals surface area contributed by atoms with Gasteiger partial charge in [0, 0.05) is 29.6 Å². The fourth-order valence-electron chi connectivity index (χ4n) is 4.15. The summed E-state index contributed by atoms with van der Waals surface area (Å²) in [6.45, 7) is 1.99. The van der Waals surface area contributed by atoms with Crippen molar-refractivity contribution in [2.75, 3.05) is 39.6 Å². The number of benzene rings is 3. The van der Waals surface area contributed by atoms with E-state index in [9.17, 15) is 19.6 Å². The van der Waals surface area contributed by atoms with E-state index in [0.717, 1.165) is 58.0 Å². The second-order valence-electron chi connectivity index (χ2n) is 9.89. The molecule has 0 saturated carbocycles. The van der Waals surface area contributed by atoms with E-state index in [-0.39, 0.29) is 13.2 Å². The standard InChI is InChI=1S/C30H35N3O6/c1-33(2,20-7-6-19-32(37)28(34)17-18-29(35)38-3)21-23-13-15-24(16-14-23)22-39-30(36)31-27-12-8-10-25-9-4-5-11-26(25)27/h4-5,8-18,37H,6-7,19-22H2,1-3H3/p+1/b18-17+. The number of hydroxylamine groups is 2. The summed E-state index contributed by atoms with van der Waals surface area (Å²) in [5.41, 5.74) is 2.75. The first-order valence-electron chi connectivity index (χ1n) is 12.7. The van der Waals surface area contributed by atoms with Gasteiger partial charge in [-0.3, -0.25) is 15.3 Å². The maximum Gasteiger partial charge on any atom is 0.411 e. The first kappa shape index (κ1) is 29.3. The molecule has 3 aromatic rings. The van der Waals surface area contributed by atoms with E-state index in [0.29, 0.717) is 17.2 Å². The molecule has 0 aliphatic heterocycles. The van der Waals surface area contributed by atoms with Crippen LogP contribution in [0.2, 0.25) is 0 Å². The van der Waals surface area contributed by atoms with Gasteiger partial charge in [0.2, 0.25) is 0 Å². The van der Waals surface area contributed by atoms with E-state index in [1.165, 1.54) is 7.11 Å². The van der Waals surface area contributed by atoms with E-state index in [1.54, 1.807) is 0 Å². The number of quaternary nitrogens is 1. The number of anilines is 1. The Morgan fingerprint density at radius 3 is 2.36 bits per heavy atom. The number of rotatable bonds is 12. The minimum Gasteiger partial charge on any atom is -0.466 e. The minimum absolute atomic E-state index is 0.167. The first-order valence-corrected chi connectivity index (χ1v) is 12.7. The molecule has 9 nitrogen and oxygen atoms in total. The highest BCUT2D eigenvalue weighted by Crippen LogP contribution is 2.23. The lowest BCUT2D eigenvalue weighted by Gasteiger charge is -2.30. The van der Waals surface area contributed by atoms with Gasteiger partial charge in [0.1, 0.15) is 13.2 Å².